The van der Waals surface area contributed by atoms with Gasteiger partial charge in [-0.1, -0.05) is 0 Å². The van der Waals surface area contributed by atoms with Crippen molar-refractivity contribution in [1.29, 1.82) is 0 Å². The van der Waals surface area contributed by atoms with Crippen LogP contribution in [0.3, 0.4) is 0 Å². The lowest BCUT2D eigenvalue weighted by atomic mass is 9.98. The number of phosphoric acid groups is 1. The fourth-order valence-corrected chi connectivity index (χ4v) is 3.98. The summed E-state index contributed by atoms with van der Waals surface area (Å²) in [6.45, 7) is 8.40. The molecule has 38 heavy (non-hydrogen) atoms. The van der Waals surface area contributed by atoms with Gasteiger partial charge in [0.1, 0.15) is 18.3 Å². The first-order chi connectivity index (χ1) is 17.3. The van der Waals surface area contributed by atoms with Gasteiger partial charge < -0.3 is 24.4 Å². The molecule has 4 atom stereocenters. The monoisotopic (exact) mass is 566 g/mol. The lowest BCUT2D eigenvalue weighted by Crippen LogP contribution is -2.49. The van der Waals surface area contributed by atoms with Crippen LogP contribution in [0.15, 0.2) is 21.9 Å². The summed E-state index contributed by atoms with van der Waals surface area (Å²) in [5, 5.41) is 21.1. The molecule has 0 unspecified atom stereocenters. The normalized spacial score (nSPS) is 24.3. The predicted octanol–water partition coefficient (Wildman–Crippen LogP) is 0.581. The molecule has 0 aliphatic carbocycles. The van der Waals surface area contributed by atoms with E-state index in [1.165, 1.54) is 6.92 Å². The smallest absolute Gasteiger partial charge is 0.437 e. The second-order valence-corrected chi connectivity index (χ2v) is 12.4. The molecular weight excluding hydrogens is 531 g/mol. The molecule has 0 aromatic carbocycles. The first-order valence-electron chi connectivity index (χ1n) is 11.5. The molecule has 15 nitrogen and oxygen atoms in total. The first-order valence-corrected chi connectivity index (χ1v) is 13.0. The number of hydrogen-bond acceptors (Lipinski definition) is 13. The van der Waals surface area contributed by atoms with Crippen LogP contribution in [-0.4, -0.2) is 70.2 Å². The van der Waals surface area contributed by atoms with Gasteiger partial charge in [0.2, 0.25) is 13.6 Å². The van der Waals surface area contributed by atoms with E-state index in [0.29, 0.717) is 0 Å². The molecule has 1 fully saturated rings. The van der Waals surface area contributed by atoms with E-state index in [0.717, 1.165) is 16.8 Å². The van der Waals surface area contributed by atoms with Gasteiger partial charge in [-0.15, -0.1) is 0 Å². The van der Waals surface area contributed by atoms with E-state index in [-0.39, 0.29) is 0 Å². The van der Waals surface area contributed by atoms with Gasteiger partial charge in [-0.25, -0.2) is 18.4 Å². The standard InChI is InChI=1S/C22H35N2O13P/c1-20(2,3)17(28)32-11-35-38(31,36-12-33-18(29)21(4,5)6)34-10-13-15(26)16(27)22(7,37-13)24-9-8-14(25)23-19(24)30/h8-9,13,15-16,26-27H,10-12H2,1-7H3,(H,23,25,30)/t13-,15-,16-,22-/m1/s1. The first kappa shape index (κ1) is 31.8. The van der Waals surface area contributed by atoms with E-state index < -0.39 is 86.1 Å². The van der Waals surface area contributed by atoms with Crippen molar-refractivity contribution in [1.82, 2.24) is 9.55 Å². The van der Waals surface area contributed by atoms with Gasteiger partial charge in [-0.05, 0) is 48.5 Å². The van der Waals surface area contributed by atoms with E-state index in [1.807, 2.05) is 4.98 Å². The Balaban J connectivity index is 2.15. The number of aromatic nitrogens is 2. The molecule has 1 aromatic rings. The molecule has 0 amide bonds. The van der Waals surface area contributed by atoms with Crippen LogP contribution in [-0.2, 0) is 47.7 Å². The van der Waals surface area contributed by atoms with Crippen molar-refractivity contribution >= 4 is 19.8 Å². The summed E-state index contributed by atoms with van der Waals surface area (Å²) in [6.07, 6.45) is -3.63. The van der Waals surface area contributed by atoms with Gasteiger partial charge in [0.15, 0.2) is 5.72 Å². The van der Waals surface area contributed by atoms with E-state index in [4.69, 9.17) is 27.8 Å². The largest absolute Gasteiger partial charge is 0.480 e. The second-order valence-electron chi connectivity index (χ2n) is 10.7. The Morgan fingerprint density at radius 3 is 1.97 bits per heavy atom. The van der Waals surface area contributed by atoms with Crippen LogP contribution >= 0.6 is 7.82 Å². The highest BCUT2D eigenvalue weighted by Gasteiger charge is 2.53. The number of phosphoric ester groups is 1. The molecular formula is C22H35N2O13P. The molecule has 1 saturated heterocycles. The molecule has 0 bridgehead atoms. The topological polar surface area (TPSA) is 202 Å². The molecule has 0 spiro atoms. The molecule has 1 aromatic heterocycles. The van der Waals surface area contributed by atoms with E-state index >= 15 is 0 Å². The highest BCUT2D eigenvalue weighted by Crippen LogP contribution is 2.50. The Morgan fingerprint density at radius 2 is 1.53 bits per heavy atom. The number of rotatable bonds is 10. The van der Waals surface area contributed by atoms with Crippen molar-refractivity contribution < 1.29 is 52.1 Å². The fourth-order valence-electron chi connectivity index (χ4n) is 3.06. The van der Waals surface area contributed by atoms with E-state index in [9.17, 15) is 34.0 Å². The number of esters is 2. The summed E-state index contributed by atoms with van der Waals surface area (Å²) in [7, 11) is -4.61. The van der Waals surface area contributed by atoms with Crippen molar-refractivity contribution in [3.05, 3.63) is 33.1 Å². The fraction of sp³-hybridized carbons (Fsp3) is 0.727. The van der Waals surface area contributed by atoms with Crippen LogP contribution in [0.5, 0.6) is 0 Å². The highest BCUT2D eigenvalue weighted by atomic mass is 31.2. The maximum Gasteiger partial charge on any atom is 0.480 e. The molecule has 2 rings (SSSR count). The molecule has 1 aliphatic heterocycles. The number of aliphatic hydroxyl groups is 2. The van der Waals surface area contributed by atoms with Crippen LogP contribution in [0.1, 0.15) is 48.5 Å². The Kier molecular flexibility index (Phi) is 9.87. The minimum Gasteiger partial charge on any atom is -0.437 e. The zero-order valence-corrected chi connectivity index (χ0v) is 23.2. The van der Waals surface area contributed by atoms with Crippen molar-refractivity contribution in [2.45, 2.75) is 72.5 Å². The summed E-state index contributed by atoms with van der Waals surface area (Å²) < 4.78 is 44.9. The Labute approximate surface area is 218 Å². The summed E-state index contributed by atoms with van der Waals surface area (Å²) in [5.41, 5.74) is -5.21. The predicted molar refractivity (Wildman–Crippen MR) is 128 cm³/mol. The third-order valence-electron chi connectivity index (χ3n) is 5.37. The Hall–Kier alpha value is -2.39. The lowest BCUT2D eigenvalue weighted by molar-refractivity contribution is -0.164. The number of hydrogen-bond donors (Lipinski definition) is 3. The van der Waals surface area contributed by atoms with Crippen molar-refractivity contribution in [2.24, 2.45) is 10.8 Å². The second kappa shape index (κ2) is 11.8. The highest BCUT2D eigenvalue weighted by molar-refractivity contribution is 7.48. The minimum atomic E-state index is -4.61. The Bertz CT molecular complexity index is 1130. The van der Waals surface area contributed by atoms with Gasteiger partial charge in [0, 0.05) is 12.3 Å². The zero-order chi connectivity index (χ0) is 29.1. The summed E-state index contributed by atoms with van der Waals surface area (Å²) in [5.74, 6) is -1.36. The maximum absolute atomic E-state index is 13.2. The number of H-pyrrole nitrogens is 1. The molecule has 1 aliphatic rings. The van der Waals surface area contributed by atoms with Gasteiger partial charge in [-0.3, -0.25) is 28.5 Å². The molecule has 216 valence electrons. The molecule has 2 heterocycles. The van der Waals surface area contributed by atoms with Crippen LogP contribution in [0.4, 0.5) is 0 Å². The van der Waals surface area contributed by atoms with Crippen LogP contribution in [0.25, 0.3) is 0 Å². The van der Waals surface area contributed by atoms with Crippen LogP contribution < -0.4 is 11.2 Å². The number of carbonyl (C=O) groups is 2. The van der Waals surface area contributed by atoms with Crippen molar-refractivity contribution in [3.8, 4) is 0 Å². The summed E-state index contributed by atoms with van der Waals surface area (Å²) in [4.78, 5) is 49.6. The number of aliphatic hydroxyl groups excluding tert-OH is 2. The van der Waals surface area contributed by atoms with Gasteiger partial charge in [0.05, 0.1) is 17.4 Å². The van der Waals surface area contributed by atoms with E-state index in [1.54, 1.807) is 41.5 Å². The van der Waals surface area contributed by atoms with Gasteiger partial charge in [-0.2, -0.15) is 0 Å². The zero-order valence-electron chi connectivity index (χ0n) is 22.3. The lowest BCUT2D eigenvalue weighted by Gasteiger charge is -2.29. The quantitative estimate of drug-likeness (QED) is 0.202. The number of carbonyl (C=O) groups excluding carboxylic acids is 2. The van der Waals surface area contributed by atoms with Crippen molar-refractivity contribution in [3.63, 3.8) is 0 Å². The van der Waals surface area contributed by atoms with Crippen LogP contribution in [0.2, 0.25) is 0 Å². The molecule has 16 heteroatoms. The number of nitrogens with one attached hydrogen (secondary N) is 1. The third kappa shape index (κ3) is 7.82. The SMILES string of the molecule is CC(C)(C)C(=O)OCOP(=O)(OCOC(=O)C(C)(C)C)OC[C@H]1O[C@@](C)(n2ccc(=O)[nH]c2=O)[C@H](O)[C@@H]1O. The minimum absolute atomic E-state index is 0.678. The van der Waals surface area contributed by atoms with Crippen LogP contribution in [0, 0.1) is 10.8 Å². The van der Waals surface area contributed by atoms with Crippen molar-refractivity contribution in [2.75, 3.05) is 20.2 Å². The number of aromatic amines is 1. The Morgan fingerprint density at radius 1 is 1.03 bits per heavy atom. The maximum atomic E-state index is 13.2. The number of ether oxygens (including phenoxy) is 3. The third-order valence-corrected chi connectivity index (χ3v) is 6.68. The summed E-state index contributed by atoms with van der Waals surface area (Å²) >= 11 is 0. The molecule has 0 saturated carbocycles. The van der Waals surface area contributed by atoms with E-state index in [2.05, 4.69) is 0 Å². The van der Waals surface area contributed by atoms with Gasteiger partial charge in [0.25, 0.3) is 5.56 Å². The molecule has 0 radical (unpaired) electrons. The average molecular weight is 566 g/mol. The molecule has 3 N–H and O–H groups in total. The average Bonchev–Trinajstić information content (AvgIpc) is 3.00. The van der Waals surface area contributed by atoms with Gasteiger partial charge >= 0.3 is 25.5 Å². The summed E-state index contributed by atoms with van der Waals surface area (Å²) in [6, 6.07) is 1.02. The number of nitrogens with zero attached hydrogens (tertiary/aromatic N) is 1.